The van der Waals surface area contributed by atoms with Crippen molar-refractivity contribution in [3.05, 3.63) is 53.6 Å². The van der Waals surface area contributed by atoms with Gasteiger partial charge in [-0.3, -0.25) is 4.79 Å². The molecule has 0 spiro atoms. The van der Waals surface area contributed by atoms with Gasteiger partial charge in [-0.2, -0.15) is 0 Å². The molecule has 0 aromatic heterocycles. The summed E-state index contributed by atoms with van der Waals surface area (Å²) in [5.41, 5.74) is 0.728. The van der Waals surface area contributed by atoms with Gasteiger partial charge in [0.25, 0.3) is 0 Å². The number of phenols is 1. The summed E-state index contributed by atoms with van der Waals surface area (Å²) in [7, 11) is 1.50. The van der Waals surface area contributed by atoms with Gasteiger partial charge < -0.3 is 14.6 Å². The molecule has 0 amide bonds. The van der Waals surface area contributed by atoms with E-state index in [2.05, 4.69) is 15.9 Å². The first kappa shape index (κ1) is 15.4. The highest BCUT2D eigenvalue weighted by Crippen LogP contribution is 2.26. The Balaban J connectivity index is 2.19. The minimum atomic E-state index is -0.248. The fourth-order valence-electron chi connectivity index (χ4n) is 1.84. The van der Waals surface area contributed by atoms with Crippen molar-refractivity contribution in [3.63, 3.8) is 0 Å². The zero-order valence-corrected chi connectivity index (χ0v) is 13.1. The second-order valence-corrected chi connectivity index (χ2v) is 5.07. The molecule has 0 radical (unpaired) electrons. The van der Waals surface area contributed by atoms with Crippen molar-refractivity contribution in [1.82, 2.24) is 0 Å². The predicted molar refractivity (Wildman–Crippen MR) is 83.8 cm³/mol. The molecule has 21 heavy (non-hydrogen) atoms. The molecule has 0 atom stereocenters. The number of hydrogen-bond acceptors (Lipinski definition) is 4. The highest BCUT2D eigenvalue weighted by Gasteiger charge is 2.14. The van der Waals surface area contributed by atoms with Gasteiger partial charge in [0.15, 0.2) is 5.78 Å². The lowest BCUT2D eigenvalue weighted by molar-refractivity contribution is 0.103. The van der Waals surface area contributed by atoms with Crippen molar-refractivity contribution in [3.8, 4) is 17.2 Å². The summed E-state index contributed by atoms with van der Waals surface area (Å²) in [5, 5.41) is 10.6. The zero-order chi connectivity index (χ0) is 15.2. The lowest BCUT2D eigenvalue weighted by atomic mass is 10.0. The van der Waals surface area contributed by atoms with E-state index in [1.54, 1.807) is 36.4 Å². The van der Waals surface area contributed by atoms with E-state index < -0.39 is 0 Å². The Hall–Kier alpha value is -2.01. The van der Waals surface area contributed by atoms with Crippen LogP contribution in [0.4, 0.5) is 0 Å². The van der Waals surface area contributed by atoms with Crippen LogP contribution in [-0.2, 0) is 0 Å². The Labute approximate surface area is 131 Å². The van der Waals surface area contributed by atoms with Crippen molar-refractivity contribution in [1.29, 1.82) is 0 Å². The number of halogens is 1. The second-order valence-electron chi connectivity index (χ2n) is 4.27. The SMILES string of the molecule is COc1ccc(C(=O)c2ccc(OCCBr)cc2)c(O)c1. The largest absolute Gasteiger partial charge is 0.507 e. The molecule has 1 N–H and O–H groups in total. The molecule has 0 aliphatic heterocycles. The third-order valence-electron chi connectivity index (χ3n) is 2.91. The van der Waals surface area contributed by atoms with Crippen LogP contribution in [0.1, 0.15) is 15.9 Å². The molecule has 0 saturated heterocycles. The molecule has 0 fully saturated rings. The van der Waals surface area contributed by atoms with Crippen LogP contribution in [0.3, 0.4) is 0 Å². The maximum atomic E-state index is 12.3. The summed E-state index contributed by atoms with van der Waals surface area (Å²) < 4.78 is 10.4. The standard InChI is InChI=1S/C16H15BrO4/c1-20-13-6-7-14(15(18)10-13)16(19)11-2-4-12(5-3-11)21-9-8-17/h2-7,10,18H,8-9H2,1H3. The van der Waals surface area contributed by atoms with Gasteiger partial charge in [0.1, 0.15) is 17.2 Å². The fourth-order valence-corrected chi connectivity index (χ4v) is 2.01. The topological polar surface area (TPSA) is 55.8 Å². The summed E-state index contributed by atoms with van der Waals surface area (Å²) in [6, 6.07) is 11.4. The molecule has 0 unspecified atom stereocenters. The van der Waals surface area contributed by atoms with Gasteiger partial charge in [-0.1, -0.05) is 15.9 Å². The molecule has 4 nitrogen and oxygen atoms in total. The lowest BCUT2D eigenvalue weighted by Crippen LogP contribution is -2.03. The maximum absolute atomic E-state index is 12.3. The number of rotatable bonds is 6. The van der Waals surface area contributed by atoms with E-state index >= 15 is 0 Å². The smallest absolute Gasteiger partial charge is 0.196 e. The van der Waals surface area contributed by atoms with E-state index in [4.69, 9.17) is 9.47 Å². The van der Waals surface area contributed by atoms with Gasteiger partial charge >= 0.3 is 0 Å². The number of alkyl halides is 1. The Morgan fingerprint density at radius 3 is 2.38 bits per heavy atom. The quantitative estimate of drug-likeness (QED) is 0.640. The summed E-state index contributed by atoms with van der Waals surface area (Å²) in [6.07, 6.45) is 0. The highest BCUT2D eigenvalue weighted by molar-refractivity contribution is 9.09. The Kier molecular flexibility index (Phi) is 5.22. The average Bonchev–Trinajstić information content (AvgIpc) is 2.52. The normalized spacial score (nSPS) is 10.2. The first-order valence-electron chi connectivity index (χ1n) is 6.36. The summed E-state index contributed by atoms with van der Waals surface area (Å²) in [5.74, 6) is 0.855. The Bertz CT molecular complexity index is 623. The average molecular weight is 351 g/mol. The first-order valence-corrected chi connectivity index (χ1v) is 7.48. The Morgan fingerprint density at radius 1 is 1.14 bits per heavy atom. The molecule has 0 aliphatic rings. The van der Waals surface area contributed by atoms with E-state index in [-0.39, 0.29) is 17.1 Å². The third-order valence-corrected chi connectivity index (χ3v) is 3.24. The number of carbonyl (C=O) groups is 1. The number of ketones is 1. The van der Waals surface area contributed by atoms with Crippen LogP contribution in [0.15, 0.2) is 42.5 Å². The summed E-state index contributed by atoms with van der Waals surface area (Å²) >= 11 is 3.28. The van der Waals surface area contributed by atoms with Gasteiger partial charge in [0, 0.05) is 17.0 Å². The molecule has 0 aliphatic carbocycles. The van der Waals surface area contributed by atoms with Crippen LogP contribution in [0.5, 0.6) is 17.2 Å². The van der Waals surface area contributed by atoms with E-state index in [0.29, 0.717) is 23.7 Å². The predicted octanol–water partition coefficient (Wildman–Crippen LogP) is 3.41. The minimum Gasteiger partial charge on any atom is -0.507 e. The highest BCUT2D eigenvalue weighted by atomic mass is 79.9. The van der Waals surface area contributed by atoms with E-state index in [1.807, 2.05) is 0 Å². The van der Waals surface area contributed by atoms with Crippen LogP contribution in [0.2, 0.25) is 0 Å². The molecule has 2 aromatic rings. The monoisotopic (exact) mass is 350 g/mol. The van der Waals surface area contributed by atoms with Gasteiger partial charge in [-0.05, 0) is 36.4 Å². The zero-order valence-electron chi connectivity index (χ0n) is 11.5. The number of aromatic hydroxyl groups is 1. The van der Waals surface area contributed by atoms with E-state index in [0.717, 1.165) is 5.33 Å². The van der Waals surface area contributed by atoms with Crippen LogP contribution >= 0.6 is 15.9 Å². The fraction of sp³-hybridized carbons (Fsp3) is 0.188. The van der Waals surface area contributed by atoms with Crippen molar-refractivity contribution in [2.45, 2.75) is 0 Å². The molecule has 0 saturated carbocycles. The van der Waals surface area contributed by atoms with Crippen molar-refractivity contribution in [2.75, 3.05) is 19.0 Å². The minimum absolute atomic E-state index is 0.0982. The van der Waals surface area contributed by atoms with Gasteiger partial charge in [-0.15, -0.1) is 0 Å². The number of benzene rings is 2. The molecule has 5 heteroatoms. The number of ether oxygens (including phenoxy) is 2. The second kappa shape index (κ2) is 7.13. The van der Waals surface area contributed by atoms with Gasteiger partial charge in [0.05, 0.1) is 19.3 Å². The Morgan fingerprint density at radius 2 is 1.81 bits per heavy atom. The van der Waals surface area contributed by atoms with Crippen molar-refractivity contribution < 1.29 is 19.4 Å². The van der Waals surface area contributed by atoms with Crippen LogP contribution in [-0.4, -0.2) is 29.9 Å². The number of carbonyl (C=O) groups excluding carboxylic acids is 1. The third kappa shape index (κ3) is 3.76. The number of methoxy groups -OCH3 is 1. The van der Waals surface area contributed by atoms with Crippen LogP contribution in [0.25, 0.3) is 0 Å². The molecular formula is C16H15BrO4. The molecule has 2 rings (SSSR count). The molecule has 2 aromatic carbocycles. The summed E-state index contributed by atoms with van der Waals surface area (Å²) in [4.78, 5) is 12.3. The number of hydrogen-bond donors (Lipinski definition) is 1. The molecule has 0 heterocycles. The van der Waals surface area contributed by atoms with Gasteiger partial charge in [-0.25, -0.2) is 0 Å². The molecular weight excluding hydrogens is 336 g/mol. The van der Waals surface area contributed by atoms with Crippen LogP contribution in [0, 0.1) is 0 Å². The van der Waals surface area contributed by atoms with Crippen molar-refractivity contribution in [2.24, 2.45) is 0 Å². The summed E-state index contributed by atoms with van der Waals surface area (Å²) in [6.45, 7) is 0.562. The molecule has 110 valence electrons. The van der Waals surface area contributed by atoms with Crippen molar-refractivity contribution >= 4 is 21.7 Å². The van der Waals surface area contributed by atoms with E-state index in [1.165, 1.54) is 13.2 Å². The first-order chi connectivity index (χ1) is 10.2. The molecule has 0 bridgehead atoms. The van der Waals surface area contributed by atoms with Gasteiger partial charge in [0.2, 0.25) is 0 Å². The number of phenolic OH excluding ortho intramolecular Hbond substituents is 1. The van der Waals surface area contributed by atoms with E-state index in [9.17, 15) is 9.90 Å². The lowest BCUT2D eigenvalue weighted by Gasteiger charge is -2.07. The maximum Gasteiger partial charge on any atom is 0.196 e. The van der Waals surface area contributed by atoms with Crippen LogP contribution < -0.4 is 9.47 Å².